The quantitative estimate of drug-likeness (QED) is 0.0814. The van der Waals surface area contributed by atoms with Crippen molar-refractivity contribution < 1.29 is 63.7 Å². The first-order chi connectivity index (χ1) is 31.1. The molecule has 2 heterocycles. The normalized spacial score (nSPS) is 39.2. The van der Waals surface area contributed by atoms with Gasteiger partial charge in [0.05, 0.1) is 60.8 Å². The zero-order chi connectivity index (χ0) is 49.4. The third-order valence-electron chi connectivity index (χ3n) is 13.4. The monoisotopic (exact) mass is 1140 g/mol. The van der Waals surface area contributed by atoms with Crippen LogP contribution in [0, 0.1) is 65.1 Å². The van der Waals surface area contributed by atoms with Crippen LogP contribution in [-0.4, -0.2) is 129 Å². The van der Waals surface area contributed by atoms with Crippen molar-refractivity contribution in [3.63, 3.8) is 0 Å². The summed E-state index contributed by atoms with van der Waals surface area (Å²) in [5, 5.41) is 47.3. The molecule has 0 aromatic rings. The highest BCUT2D eigenvalue weighted by Gasteiger charge is 2.53. The lowest BCUT2D eigenvalue weighted by Crippen LogP contribution is -2.44. The smallest absolute Gasteiger partial charge is 0.313 e. The predicted molar refractivity (Wildman–Crippen MR) is 266 cm³/mol. The lowest BCUT2D eigenvalue weighted by atomic mass is 10.0. The summed E-state index contributed by atoms with van der Waals surface area (Å²) in [6, 6.07) is 0.494. The van der Waals surface area contributed by atoms with Crippen LogP contribution in [0.25, 0.3) is 0 Å². The number of nitrogens with two attached hydrogens (primary N) is 2. The summed E-state index contributed by atoms with van der Waals surface area (Å²) >= 11 is 6.90. The highest BCUT2D eigenvalue weighted by Crippen LogP contribution is 2.44. The van der Waals surface area contributed by atoms with Crippen LogP contribution in [0.15, 0.2) is 48.6 Å². The second-order valence-corrected chi connectivity index (χ2v) is 21.1. The number of hydrogen-bond donors (Lipinski definition) is 8. The average Bonchev–Trinajstić information content (AvgIpc) is 4.19. The third kappa shape index (κ3) is 18.6. The first kappa shape index (κ1) is 60.6. The first-order valence-electron chi connectivity index (χ1n) is 23.1. The van der Waals surface area contributed by atoms with Gasteiger partial charge in [0.2, 0.25) is 5.91 Å². The third-order valence-corrected chi connectivity index (χ3v) is 16.3. The Morgan fingerprint density at radius 3 is 1.51 bits per heavy atom. The Bertz CT molecular complexity index is 1680. The minimum Gasteiger partial charge on any atom is -0.481 e. The molecule has 16 nitrogen and oxygen atoms in total. The summed E-state index contributed by atoms with van der Waals surface area (Å²) in [7, 11) is 2.82. The van der Waals surface area contributed by atoms with Gasteiger partial charge in [-0.3, -0.25) is 24.0 Å². The number of nitrogens with one attached hydrogen (secondary N) is 1. The molecule has 0 spiro atoms. The van der Waals surface area contributed by atoms with Crippen LogP contribution < -0.4 is 16.8 Å². The molecule has 19 atom stereocenters. The number of ether oxygens (including phenoxy) is 3. The number of carboxylic acid groups (broad SMARTS) is 1. The van der Waals surface area contributed by atoms with E-state index in [-0.39, 0.29) is 131 Å². The largest absolute Gasteiger partial charge is 0.481 e. The Morgan fingerprint density at radius 2 is 1.24 bits per heavy atom. The second kappa shape index (κ2) is 29.6. The Hall–Kier alpha value is -2.49. The van der Waals surface area contributed by atoms with Gasteiger partial charge in [-0.05, 0) is 75.0 Å². The Labute approximate surface area is 423 Å². The van der Waals surface area contributed by atoms with Gasteiger partial charge in [0.15, 0.2) is 0 Å². The summed E-state index contributed by atoms with van der Waals surface area (Å²) in [5.41, 5.74) is 11.0. The molecule has 3 saturated carbocycles. The Kier molecular flexibility index (Phi) is 26.8. The minimum atomic E-state index is -0.699. The molecule has 0 aromatic carbocycles. The molecule has 2 aliphatic heterocycles. The van der Waals surface area contributed by atoms with Crippen molar-refractivity contribution in [2.45, 2.75) is 125 Å². The number of aliphatic carboxylic acids is 1. The predicted octanol–water partition coefficient (Wildman–Crippen LogP) is 4.52. The molecule has 2 bridgehead atoms. The van der Waals surface area contributed by atoms with Gasteiger partial charge in [-0.2, -0.15) is 0 Å². The first-order valence-corrected chi connectivity index (χ1v) is 25.0. The summed E-state index contributed by atoms with van der Waals surface area (Å²) in [6.45, 7) is 8.52. The molecule has 0 radical (unpaired) electrons. The molecule has 19 heteroatoms. The number of carboxylic acids is 1. The summed E-state index contributed by atoms with van der Waals surface area (Å²) in [5.74, 6) is 1.46. The van der Waals surface area contributed by atoms with Crippen LogP contribution in [0.4, 0.5) is 0 Å². The SMILES string of the molecule is Br.COC(=O)[C@@H]1C=C[C@H](C)C1.COC(=O)[C@@H]1C=C[C@H](N)C1.C[C@@H]1C[C@@H](CO)[C@@H](O)[C@@H]1Br.C[C@@H]1C[C@H]2C(=O)O[C@H]2[C@@H]1Br.C[C@H]1C=C[C@H](C(=O)O)C1.N[C@@H]1C[C@@H](CO)[C@@H](O)C1.O=C1NC2C=CC1C2. The van der Waals surface area contributed by atoms with E-state index in [1.54, 1.807) is 12.2 Å². The number of aliphatic hydroxyl groups is 4. The number of methoxy groups -OCH3 is 2. The Morgan fingerprint density at radius 1 is 0.701 bits per heavy atom. The van der Waals surface area contributed by atoms with E-state index in [0.717, 1.165) is 38.5 Å². The van der Waals surface area contributed by atoms with Gasteiger partial charge >= 0.3 is 23.9 Å². The molecule has 1 amide bonds. The van der Waals surface area contributed by atoms with Crippen molar-refractivity contribution in [1.29, 1.82) is 0 Å². The molecule has 2 saturated heterocycles. The molecule has 10 N–H and O–H groups in total. The number of carbonyl (C=O) groups is 5. The van der Waals surface area contributed by atoms with Crippen molar-refractivity contribution in [1.82, 2.24) is 5.32 Å². The van der Waals surface area contributed by atoms with Crippen molar-refractivity contribution in [3.05, 3.63) is 48.6 Å². The van der Waals surface area contributed by atoms with Crippen LogP contribution in [-0.2, 0) is 38.2 Å². The van der Waals surface area contributed by atoms with Crippen LogP contribution in [0.5, 0.6) is 0 Å². The van der Waals surface area contributed by atoms with Crippen LogP contribution in [0.2, 0.25) is 0 Å². The van der Waals surface area contributed by atoms with Gasteiger partial charge in [0.1, 0.15) is 6.10 Å². The summed E-state index contributed by atoms with van der Waals surface area (Å²) in [6.07, 6.45) is 21.5. The van der Waals surface area contributed by atoms with Crippen molar-refractivity contribution in [3.8, 4) is 0 Å². The average molecular weight is 1140 g/mol. The number of aliphatic hydroxyl groups excluding tert-OH is 4. The molecule has 382 valence electrons. The highest BCUT2D eigenvalue weighted by molar-refractivity contribution is 9.09. The van der Waals surface area contributed by atoms with E-state index >= 15 is 0 Å². The number of amides is 1. The van der Waals surface area contributed by atoms with Gasteiger partial charge in [0, 0.05) is 48.0 Å². The van der Waals surface area contributed by atoms with E-state index in [9.17, 15) is 29.1 Å². The van der Waals surface area contributed by atoms with Gasteiger partial charge in [0.25, 0.3) is 0 Å². The maximum Gasteiger partial charge on any atom is 0.313 e. The van der Waals surface area contributed by atoms with E-state index in [0.29, 0.717) is 47.4 Å². The fraction of sp³-hybridized carbons (Fsp3) is 0.729. The molecule has 9 rings (SSSR count). The standard InChI is InChI=1S/C8H12O2.C7H9BrO2.C7H13BrO2.C7H11NO2.C7H10O2.C6H13NO2.C6H7NO.BrH/c1-6-3-4-7(5-6)8(9)10-2;1-3-2-4-6(5(3)8)10-7(4)9;1-4-2-5(3-9)7(10)6(4)8;1-10-7(9)5-2-3-6(8)4-5;1-5-2-3-6(4-5)7(8)9;7-5-1-4(3-8)6(9)2-5;8-6-4-1-2-5(3-4)7-6;/h3-4,6-7H,5H2,1-2H3;3-6H,2H2,1H3;4-7,9-10H,2-3H2,1H3;2-3,5-6H,4,8H2,1H3;2-3,5-6H,4H2,1H3,(H,8,9);4-6,8-9H,1-3,7H2;1-2,4-5H,3H2,(H,7,8);1H/t6-,7+;3-,4-,5-,6-;4-,5+,6-,7-;5-,6+;5-,6-;4-,5+,6-;;/m011100../s1. The number of rotatable bonds is 5. The lowest BCUT2D eigenvalue weighted by Gasteiger charge is -2.30. The lowest BCUT2D eigenvalue weighted by molar-refractivity contribution is -0.179. The zero-order valence-electron chi connectivity index (χ0n) is 39.5. The summed E-state index contributed by atoms with van der Waals surface area (Å²) in [4.78, 5) is 54.0. The van der Waals surface area contributed by atoms with Gasteiger partial charge < -0.3 is 56.5 Å². The van der Waals surface area contributed by atoms with E-state index in [2.05, 4.69) is 79.6 Å². The van der Waals surface area contributed by atoms with E-state index in [4.69, 9.17) is 36.6 Å². The Balaban J connectivity index is 0.000000268. The molecule has 7 aliphatic carbocycles. The topological polar surface area (TPSA) is 278 Å². The number of alkyl halides is 2. The number of esters is 3. The second-order valence-electron chi connectivity index (χ2n) is 19.0. The number of hydrogen-bond acceptors (Lipinski definition) is 14. The number of fused-ring (bicyclic) bond motifs is 3. The van der Waals surface area contributed by atoms with E-state index < -0.39 is 5.97 Å². The van der Waals surface area contributed by atoms with Crippen molar-refractivity contribution in [2.24, 2.45) is 76.6 Å². The molecule has 9 aliphatic rings. The maximum atomic E-state index is 10.9. The molecular formula is C48H76Br3N3O13. The maximum absolute atomic E-state index is 10.9. The van der Waals surface area contributed by atoms with Crippen molar-refractivity contribution >= 4 is 78.6 Å². The number of carbonyl (C=O) groups excluding carboxylic acids is 4. The van der Waals surface area contributed by atoms with Crippen LogP contribution in [0.3, 0.4) is 0 Å². The zero-order valence-corrected chi connectivity index (χ0v) is 44.4. The van der Waals surface area contributed by atoms with Crippen LogP contribution >= 0.6 is 48.8 Å². The van der Waals surface area contributed by atoms with Gasteiger partial charge in [-0.1, -0.05) is 108 Å². The van der Waals surface area contributed by atoms with E-state index in [1.807, 2.05) is 31.2 Å². The van der Waals surface area contributed by atoms with Gasteiger partial charge in [-0.15, -0.1) is 17.0 Å². The molecule has 2 unspecified atom stereocenters. The van der Waals surface area contributed by atoms with E-state index in [1.165, 1.54) is 14.2 Å². The van der Waals surface area contributed by atoms with Gasteiger partial charge in [-0.25, -0.2) is 0 Å². The molecule has 0 aromatic heterocycles. The summed E-state index contributed by atoms with van der Waals surface area (Å²) < 4.78 is 14.1. The molecule has 67 heavy (non-hydrogen) atoms. The molecule has 5 fully saturated rings. The minimum absolute atomic E-state index is 0. The highest BCUT2D eigenvalue weighted by atomic mass is 79.9. The number of halogens is 3. The fourth-order valence-corrected chi connectivity index (χ4v) is 10.6. The molecular weight excluding hydrogens is 1070 g/mol. The fourth-order valence-electron chi connectivity index (χ4n) is 9.22. The van der Waals surface area contributed by atoms with Crippen molar-refractivity contribution in [2.75, 3.05) is 27.4 Å². The number of allylic oxidation sites excluding steroid dienone is 2. The van der Waals surface area contributed by atoms with Crippen LogP contribution in [0.1, 0.15) is 79.1 Å².